The van der Waals surface area contributed by atoms with Crippen LogP contribution < -0.4 is 0 Å². The molecule has 1 N–H and O–H groups in total. The molecule has 0 aliphatic heterocycles. The van der Waals surface area contributed by atoms with E-state index in [1.807, 2.05) is 0 Å². The van der Waals surface area contributed by atoms with Crippen molar-refractivity contribution in [2.24, 2.45) is 28.6 Å². The van der Waals surface area contributed by atoms with Crippen molar-refractivity contribution in [3.8, 4) is 0 Å². The number of hydrogen-bond acceptors (Lipinski definition) is 1. The summed E-state index contributed by atoms with van der Waals surface area (Å²) in [5.41, 5.74) is 0.559. The lowest BCUT2D eigenvalue weighted by Gasteiger charge is -2.76. The number of hydrogen-bond donors (Lipinski definition) is 1. The zero-order chi connectivity index (χ0) is 9.77. The largest absolute Gasteiger partial charge is 0.390 e. The van der Waals surface area contributed by atoms with Crippen LogP contribution in [0.2, 0.25) is 0 Å². The van der Waals surface area contributed by atoms with Gasteiger partial charge < -0.3 is 5.11 Å². The van der Waals surface area contributed by atoms with E-state index in [1.165, 1.54) is 32.1 Å². The molecule has 4 fully saturated rings. The van der Waals surface area contributed by atoms with E-state index in [2.05, 4.69) is 13.8 Å². The summed E-state index contributed by atoms with van der Waals surface area (Å²) in [6.45, 7) is 4.13. The van der Waals surface area contributed by atoms with Crippen LogP contribution in [0.15, 0.2) is 0 Å². The predicted octanol–water partition coefficient (Wildman–Crippen LogP) is 2.58. The molecule has 4 rings (SSSR count). The van der Waals surface area contributed by atoms with Crippen LogP contribution in [0.5, 0.6) is 0 Å². The summed E-state index contributed by atoms with van der Waals surface area (Å²) in [5.74, 6) is 2.98. The van der Waals surface area contributed by atoms with Crippen molar-refractivity contribution >= 4 is 0 Å². The van der Waals surface area contributed by atoms with Gasteiger partial charge in [0.1, 0.15) is 0 Å². The molecule has 5 unspecified atom stereocenters. The van der Waals surface area contributed by atoms with Gasteiger partial charge in [0, 0.05) is 5.41 Å². The molecule has 78 valence electrons. The summed E-state index contributed by atoms with van der Waals surface area (Å²) in [5, 5.41) is 10.5. The van der Waals surface area contributed by atoms with E-state index < -0.39 is 5.60 Å². The molecular formula is C13H20O. The summed E-state index contributed by atoms with van der Waals surface area (Å²) in [7, 11) is 0. The van der Waals surface area contributed by atoms with Gasteiger partial charge in [-0.2, -0.15) is 0 Å². The third kappa shape index (κ3) is 0.512. The maximum atomic E-state index is 10.5. The maximum Gasteiger partial charge on any atom is 0.0653 e. The summed E-state index contributed by atoms with van der Waals surface area (Å²) in [6.07, 6.45) is 7.13. The van der Waals surface area contributed by atoms with Gasteiger partial charge in [0.2, 0.25) is 0 Å². The third-order valence-corrected chi connectivity index (χ3v) is 6.56. The van der Waals surface area contributed by atoms with E-state index >= 15 is 0 Å². The molecule has 0 radical (unpaired) electrons. The van der Waals surface area contributed by atoms with Crippen LogP contribution in [0.25, 0.3) is 0 Å². The highest BCUT2D eigenvalue weighted by atomic mass is 16.3. The second-order valence-electron chi connectivity index (χ2n) is 7.03. The smallest absolute Gasteiger partial charge is 0.0653 e. The highest BCUT2D eigenvalue weighted by molar-refractivity contribution is 5.31. The average Bonchev–Trinajstić information content (AvgIpc) is 2.47. The topological polar surface area (TPSA) is 20.2 Å². The van der Waals surface area contributed by atoms with E-state index in [0.717, 1.165) is 17.8 Å². The number of rotatable bonds is 1. The molecule has 0 aromatic heterocycles. The van der Waals surface area contributed by atoms with E-state index in [4.69, 9.17) is 0 Å². The van der Waals surface area contributed by atoms with Gasteiger partial charge in [0.25, 0.3) is 0 Å². The van der Waals surface area contributed by atoms with E-state index in [9.17, 15) is 5.11 Å². The van der Waals surface area contributed by atoms with Crippen molar-refractivity contribution in [3.05, 3.63) is 0 Å². The lowest BCUT2D eigenvalue weighted by molar-refractivity contribution is -0.305. The molecule has 4 aliphatic carbocycles. The first-order chi connectivity index (χ1) is 6.50. The van der Waals surface area contributed by atoms with Crippen LogP contribution in [-0.4, -0.2) is 10.7 Å². The normalized spacial score (nSPS) is 63.2. The minimum absolute atomic E-state index is 0.344. The first-order valence-corrected chi connectivity index (χ1v) is 6.22. The molecule has 0 amide bonds. The van der Waals surface area contributed by atoms with Gasteiger partial charge in [-0.05, 0) is 69.1 Å². The minimum atomic E-state index is -0.419. The lowest BCUT2D eigenvalue weighted by atomic mass is 9.29. The lowest BCUT2D eigenvalue weighted by Crippen LogP contribution is -2.72. The molecule has 4 aliphatic rings. The Morgan fingerprint density at radius 3 is 2.36 bits per heavy atom. The Labute approximate surface area is 85.9 Å². The molecule has 2 bridgehead atoms. The van der Waals surface area contributed by atoms with Gasteiger partial charge in [-0.3, -0.25) is 0 Å². The van der Waals surface area contributed by atoms with E-state index in [-0.39, 0.29) is 0 Å². The van der Waals surface area contributed by atoms with Crippen LogP contribution in [-0.2, 0) is 0 Å². The summed E-state index contributed by atoms with van der Waals surface area (Å²) >= 11 is 0. The Morgan fingerprint density at radius 2 is 1.86 bits per heavy atom. The summed E-state index contributed by atoms with van der Waals surface area (Å²) in [6, 6.07) is 0. The SMILES string of the molecule is CC(C)(O)C12CC3CC4CC(C1)C42C3. The molecule has 5 atom stereocenters. The van der Waals surface area contributed by atoms with Crippen molar-refractivity contribution < 1.29 is 5.11 Å². The summed E-state index contributed by atoms with van der Waals surface area (Å²) in [4.78, 5) is 0. The van der Waals surface area contributed by atoms with Crippen molar-refractivity contribution in [1.29, 1.82) is 0 Å². The molecule has 1 spiro atoms. The molecule has 14 heavy (non-hydrogen) atoms. The van der Waals surface area contributed by atoms with Gasteiger partial charge in [-0.1, -0.05) is 0 Å². The second-order valence-corrected chi connectivity index (χ2v) is 7.03. The molecule has 1 nitrogen and oxygen atoms in total. The predicted molar refractivity (Wildman–Crippen MR) is 54.7 cm³/mol. The fraction of sp³-hybridized carbons (Fsp3) is 1.00. The van der Waals surface area contributed by atoms with Crippen LogP contribution in [0.3, 0.4) is 0 Å². The maximum absolute atomic E-state index is 10.5. The Bertz CT molecular complexity index is 316. The fourth-order valence-electron chi connectivity index (χ4n) is 6.25. The van der Waals surface area contributed by atoms with Crippen molar-refractivity contribution in [2.75, 3.05) is 0 Å². The molecule has 4 saturated carbocycles. The first kappa shape index (κ1) is 8.15. The van der Waals surface area contributed by atoms with Crippen molar-refractivity contribution in [3.63, 3.8) is 0 Å². The molecule has 1 heteroatoms. The van der Waals surface area contributed by atoms with Crippen molar-refractivity contribution in [1.82, 2.24) is 0 Å². The van der Waals surface area contributed by atoms with Gasteiger partial charge in [-0.15, -0.1) is 0 Å². The first-order valence-electron chi connectivity index (χ1n) is 6.22. The fourth-order valence-corrected chi connectivity index (χ4v) is 6.25. The minimum Gasteiger partial charge on any atom is -0.390 e. The number of fused-ring (bicyclic) bond motifs is 1. The van der Waals surface area contributed by atoms with Gasteiger partial charge in [0.15, 0.2) is 0 Å². The quantitative estimate of drug-likeness (QED) is 0.677. The van der Waals surface area contributed by atoms with Crippen LogP contribution in [0.1, 0.15) is 46.0 Å². The zero-order valence-corrected chi connectivity index (χ0v) is 9.21. The van der Waals surface area contributed by atoms with Crippen LogP contribution >= 0.6 is 0 Å². The molecule has 0 heterocycles. The zero-order valence-electron chi connectivity index (χ0n) is 9.21. The summed E-state index contributed by atoms with van der Waals surface area (Å²) < 4.78 is 0. The van der Waals surface area contributed by atoms with E-state index in [0.29, 0.717) is 10.8 Å². The molecule has 0 aromatic carbocycles. The second kappa shape index (κ2) is 1.81. The number of aliphatic hydroxyl groups is 1. The Balaban J connectivity index is 1.85. The monoisotopic (exact) mass is 192 g/mol. The van der Waals surface area contributed by atoms with Gasteiger partial charge in [-0.25, -0.2) is 0 Å². The Morgan fingerprint density at radius 1 is 1.07 bits per heavy atom. The highest BCUT2D eigenvalue weighted by Gasteiger charge is 2.83. The Hall–Kier alpha value is -0.0400. The van der Waals surface area contributed by atoms with Crippen LogP contribution in [0.4, 0.5) is 0 Å². The standard InChI is InChI=1S/C13H20O/c1-11(2,14)12-5-8-3-9-4-10(7-12)13(9,12)6-8/h8-10,14H,3-7H2,1-2H3. The van der Waals surface area contributed by atoms with Crippen LogP contribution in [0, 0.1) is 28.6 Å². The van der Waals surface area contributed by atoms with Crippen molar-refractivity contribution in [2.45, 2.75) is 51.6 Å². The third-order valence-electron chi connectivity index (χ3n) is 6.56. The average molecular weight is 192 g/mol. The van der Waals surface area contributed by atoms with E-state index in [1.54, 1.807) is 0 Å². The molecular weight excluding hydrogens is 172 g/mol. The molecule has 0 aromatic rings. The highest BCUT2D eigenvalue weighted by Crippen LogP contribution is 2.88. The van der Waals surface area contributed by atoms with Gasteiger partial charge in [0.05, 0.1) is 5.60 Å². The molecule has 0 saturated heterocycles. The Kier molecular flexibility index (Phi) is 1.06. The van der Waals surface area contributed by atoms with Gasteiger partial charge >= 0.3 is 0 Å².